The first kappa shape index (κ1) is 14.7. The highest BCUT2D eigenvalue weighted by Crippen LogP contribution is 2.28. The molecule has 20 heavy (non-hydrogen) atoms. The standard InChI is InChI=1S/C15H20ClN3O/c1-4-7-20-15-6-5-13(16)8-14(15)17-9-12-10-18-19(3)11(12)2/h5-6,8,10,17H,4,7,9H2,1-3H3. The first-order valence-electron chi connectivity index (χ1n) is 6.75. The number of aromatic nitrogens is 2. The van der Waals surface area contributed by atoms with Crippen LogP contribution in [0.1, 0.15) is 24.6 Å². The minimum Gasteiger partial charge on any atom is -0.491 e. The maximum absolute atomic E-state index is 6.06. The first-order valence-corrected chi connectivity index (χ1v) is 7.13. The van der Waals surface area contributed by atoms with Crippen LogP contribution in [0.3, 0.4) is 0 Å². The lowest BCUT2D eigenvalue weighted by molar-refractivity contribution is 0.319. The minimum atomic E-state index is 0.694. The van der Waals surface area contributed by atoms with E-state index in [9.17, 15) is 0 Å². The van der Waals surface area contributed by atoms with Crippen LogP contribution in [0.2, 0.25) is 5.02 Å². The van der Waals surface area contributed by atoms with Gasteiger partial charge in [0.15, 0.2) is 0 Å². The van der Waals surface area contributed by atoms with Gasteiger partial charge in [0.25, 0.3) is 0 Å². The van der Waals surface area contributed by atoms with Gasteiger partial charge in [0, 0.05) is 29.9 Å². The molecule has 0 aliphatic heterocycles. The third-order valence-electron chi connectivity index (χ3n) is 3.21. The van der Waals surface area contributed by atoms with E-state index in [4.69, 9.17) is 16.3 Å². The summed E-state index contributed by atoms with van der Waals surface area (Å²) in [5.41, 5.74) is 3.22. The van der Waals surface area contributed by atoms with Crippen LogP contribution < -0.4 is 10.1 Å². The molecule has 2 aromatic rings. The molecule has 1 aromatic carbocycles. The molecule has 0 bridgehead atoms. The molecule has 0 amide bonds. The van der Waals surface area contributed by atoms with E-state index >= 15 is 0 Å². The third-order valence-corrected chi connectivity index (χ3v) is 3.44. The Morgan fingerprint density at radius 2 is 2.20 bits per heavy atom. The van der Waals surface area contributed by atoms with E-state index in [1.54, 1.807) is 0 Å². The van der Waals surface area contributed by atoms with Crippen molar-refractivity contribution in [3.05, 3.63) is 40.7 Å². The van der Waals surface area contributed by atoms with Crippen molar-refractivity contribution in [2.24, 2.45) is 7.05 Å². The highest BCUT2D eigenvalue weighted by atomic mass is 35.5. The molecular weight excluding hydrogens is 274 g/mol. The fourth-order valence-electron chi connectivity index (χ4n) is 1.89. The zero-order valence-corrected chi connectivity index (χ0v) is 12.9. The molecule has 1 N–H and O–H groups in total. The Bertz CT molecular complexity index is 580. The summed E-state index contributed by atoms with van der Waals surface area (Å²) in [5, 5.41) is 8.30. The topological polar surface area (TPSA) is 39.1 Å². The van der Waals surface area contributed by atoms with Gasteiger partial charge in [0.2, 0.25) is 0 Å². The Morgan fingerprint density at radius 1 is 1.40 bits per heavy atom. The zero-order chi connectivity index (χ0) is 14.5. The molecule has 0 unspecified atom stereocenters. The van der Waals surface area contributed by atoms with Crippen molar-refractivity contribution in [2.45, 2.75) is 26.8 Å². The molecule has 0 aliphatic rings. The Balaban J connectivity index is 2.11. The fraction of sp³-hybridized carbons (Fsp3) is 0.400. The highest BCUT2D eigenvalue weighted by Gasteiger charge is 2.07. The summed E-state index contributed by atoms with van der Waals surface area (Å²) < 4.78 is 7.59. The molecule has 0 aliphatic carbocycles. The predicted octanol–water partition coefficient (Wildman–Crippen LogP) is 3.78. The summed E-state index contributed by atoms with van der Waals surface area (Å²) >= 11 is 6.06. The number of halogens is 1. The molecule has 4 nitrogen and oxygen atoms in total. The maximum Gasteiger partial charge on any atom is 0.142 e. The molecule has 0 saturated carbocycles. The predicted molar refractivity (Wildman–Crippen MR) is 82.5 cm³/mol. The van der Waals surface area contributed by atoms with Gasteiger partial charge in [-0.05, 0) is 31.5 Å². The van der Waals surface area contributed by atoms with Gasteiger partial charge in [-0.1, -0.05) is 18.5 Å². The SMILES string of the molecule is CCCOc1ccc(Cl)cc1NCc1cnn(C)c1C. The quantitative estimate of drug-likeness (QED) is 0.881. The van der Waals surface area contributed by atoms with Crippen LogP contribution in [0.4, 0.5) is 5.69 Å². The Kier molecular flexibility index (Phi) is 4.90. The number of aryl methyl sites for hydroxylation is 1. The van der Waals surface area contributed by atoms with Crippen LogP contribution in [0.15, 0.2) is 24.4 Å². The second-order valence-electron chi connectivity index (χ2n) is 4.72. The van der Waals surface area contributed by atoms with E-state index in [0.29, 0.717) is 18.2 Å². The van der Waals surface area contributed by atoms with Gasteiger partial charge in [-0.3, -0.25) is 4.68 Å². The van der Waals surface area contributed by atoms with Crippen LogP contribution in [0.5, 0.6) is 5.75 Å². The highest BCUT2D eigenvalue weighted by molar-refractivity contribution is 6.30. The molecule has 0 fully saturated rings. The summed E-state index contributed by atoms with van der Waals surface area (Å²) in [6.07, 6.45) is 2.85. The van der Waals surface area contributed by atoms with Gasteiger partial charge >= 0.3 is 0 Å². The second kappa shape index (κ2) is 6.66. The number of nitrogens with zero attached hydrogens (tertiary/aromatic N) is 2. The summed E-state index contributed by atoms with van der Waals surface area (Å²) in [7, 11) is 1.94. The lowest BCUT2D eigenvalue weighted by atomic mass is 10.2. The summed E-state index contributed by atoms with van der Waals surface area (Å²) in [4.78, 5) is 0. The van der Waals surface area contributed by atoms with Crippen LogP contribution in [-0.4, -0.2) is 16.4 Å². The molecule has 0 radical (unpaired) electrons. The summed E-state index contributed by atoms with van der Waals surface area (Å²) in [5.74, 6) is 0.831. The van der Waals surface area contributed by atoms with Crippen LogP contribution in [-0.2, 0) is 13.6 Å². The van der Waals surface area contributed by atoms with Crippen LogP contribution in [0, 0.1) is 6.92 Å². The molecule has 1 heterocycles. The number of nitrogens with one attached hydrogen (secondary N) is 1. The molecule has 2 rings (SSSR count). The Labute approximate surface area is 124 Å². The molecule has 1 aromatic heterocycles. The molecule has 108 valence electrons. The van der Waals surface area contributed by atoms with Gasteiger partial charge in [-0.2, -0.15) is 5.10 Å². The van der Waals surface area contributed by atoms with E-state index in [1.807, 2.05) is 36.1 Å². The van der Waals surface area contributed by atoms with Gasteiger partial charge < -0.3 is 10.1 Å². The smallest absolute Gasteiger partial charge is 0.142 e. The van der Waals surface area contributed by atoms with Crippen molar-refractivity contribution in [2.75, 3.05) is 11.9 Å². The lowest BCUT2D eigenvalue weighted by Crippen LogP contribution is -2.04. The molecule has 0 saturated heterocycles. The largest absolute Gasteiger partial charge is 0.491 e. The second-order valence-corrected chi connectivity index (χ2v) is 5.16. The van der Waals surface area contributed by atoms with Crippen molar-refractivity contribution in [1.29, 1.82) is 0 Å². The van der Waals surface area contributed by atoms with Crippen molar-refractivity contribution < 1.29 is 4.74 Å². The van der Waals surface area contributed by atoms with E-state index in [0.717, 1.165) is 29.1 Å². The minimum absolute atomic E-state index is 0.694. The summed E-state index contributed by atoms with van der Waals surface area (Å²) in [6.45, 7) is 5.53. The molecule has 0 spiro atoms. The van der Waals surface area contributed by atoms with E-state index in [-0.39, 0.29) is 0 Å². The number of benzene rings is 1. The Hall–Kier alpha value is -1.68. The molecule has 5 heteroatoms. The number of rotatable bonds is 6. The number of ether oxygens (including phenoxy) is 1. The lowest BCUT2D eigenvalue weighted by Gasteiger charge is -2.13. The van der Waals surface area contributed by atoms with Gasteiger partial charge in [-0.25, -0.2) is 0 Å². The van der Waals surface area contributed by atoms with Crippen molar-refractivity contribution >= 4 is 17.3 Å². The monoisotopic (exact) mass is 293 g/mol. The third kappa shape index (κ3) is 3.45. The van der Waals surface area contributed by atoms with Crippen LogP contribution >= 0.6 is 11.6 Å². The van der Waals surface area contributed by atoms with Gasteiger partial charge in [-0.15, -0.1) is 0 Å². The summed E-state index contributed by atoms with van der Waals surface area (Å²) in [6, 6.07) is 5.63. The van der Waals surface area contributed by atoms with E-state index in [1.165, 1.54) is 0 Å². The van der Waals surface area contributed by atoms with Crippen molar-refractivity contribution in [3.8, 4) is 5.75 Å². The van der Waals surface area contributed by atoms with Gasteiger partial charge in [0.05, 0.1) is 18.5 Å². The normalized spacial score (nSPS) is 10.6. The number of anilines is 1. The zero-order valence-electron chi connectivity index (χ0n) is 12.1. The van der Waals surface area contributed by atoms with E-state index in [2.05, 4.69) is 24.3 Å². The first-order chi connectivity index (χ1) is 9.61. The molecular formula is C15H20ClN3O. The fourth-order valence-corrected chi connectivity index (χ4v) is 2.06. The number of hydrogen-bond donors (Lipinski definition) is 1. The van der Waals surface area contributed by atoms with E-state index < -0.39 is 0 Å². The van der Waals surface area contributed by atoms with Crippen molar-refractivity contribution in [3.63, 3.8) is 0 Å². The van der Waals surface area contributed by atoms with Gasteiger partial charge in [0.1, 0.15) is 5.75 Å². The number of hydrogen-bond acceptors (Lipinski definition) is 3. The Morgan fingerprint density at radius 3 is 2.85 bits per heavy atom. The average Bonchev–Trinajstić information content (AvgIpc) is 2.75. The molecule has 0 atom stereocenters. The average molecular weight is 294 g/mol. The van der Waals surface area contributed by atoms with Crippen molar-refractivity contribution in [1.82, 2.24) is 9.78 Å². The maximum atomic E-state index is 6.06. The van der Waals surface area contributed by atoms with Crippen LogP contribution in [0.25, 0.3) is 0 Å².